The van der Waals surface area contributed by atoms with Crippen LogP contribution in [0.15, 0.2) is 22.7 Å². The van der Waals surface area contributed by atoms with Crippen LogP contribution in [0.1, 0.15) is 23.6 Å². The standard InChI is InChI=1S/C15H20BrN3O/c1-17-15(20)14-9-18-7-8-19(14)13-6-5-10-11(13)3-2-4-12(10)16/h2-4,13-14,18H,5-9H2,1H3,(H,17,20). The van der Waals surface area contributed by atoms with Crippen molar-refractivity contribution >= 4 is 21.8 Å². The molecule has 3 rings (SSSR count). The van der Waals surface area contributed by atoms with Gasteiger partial charge < -0.3 is 10.6 Å². The average molecular weight is 338 g/mol. The van der Waals surface area contributed by atoms with E-state index in [4.69, 9.17) is 0 Å². The molecule has 0 saturated carbocycles. The number of hydrogen-bond acceptors (Lipinski definition) is 3. The zero-order chi connectivity index (χ0) is 14.1. The normalized spacial score (nSPS) is 26.3. The molecule has 2 N–H and O–H groups in total. The van der Waals surface area contributed by atoms with Gasteiger partial charge in [0, 0.05) is 37.2 Å². The van der Waals surface area contributed by atoms with E-state index in [1.807, 2.05) is 0 Å². The van der Waals surface area contributed by atoms with Crippen molar-refractivity contribution in [2.75, 3.05) is 26.7 Å². The number of fused-ring (bicyclic) bond motifs is 1. The second kappa shape index (κ2) is 5.84. The molecule has 1 aromatic rings. The molecule has 2 atom stereocenters. The van der Waals surface area contributed by atoms with Gasteiger partial charge in [-0.25, -0.2) is 0 Å². The van der Waals surface area contributed by atoms with E-state index in [9.17, 15) is 4.79 Å². The lowest BCUT2D eigenvalue weighted by Gasteiger charge is -2.39. The van der Waals surface area contributed by atoms with Crippen LogP contribution in [0.5, 0.6) is 0 Å². The Bertz CT molecular complexity index is 520. The first-order chi connectivity index (χ1) is 9.72. The summed E-state index contributed by atoms with van der Waals surface area (Å²) in [5, 5.41) is 6.12. The van der Waals surface area contributed by atoms with Crippen molar-refractivity contribution in [3.63, 3.8) is 0 Å². The van der Waals surface area contributed by atoms with Crippen LogP contribution in [0.3, 0.4) is 0 Å². The molecule has 2 unspecified atom stereocenters. The molecule has 1 amide bonds. The summed E-state index contributed by atoms with van der Waals surface area (Å²) >= 11 is 3.65. The minimum atomic E-state index is -0.0660. The van der Waals surface area contributed by atoms with Crippen molar-refractivity contribution < 1.29 is 4.79 Å². The number of carbonyl (C=O) groups is 1. The second-order valence-corrected chi connectivity index (χ2v) is 6.29. The summed E-state index contributed by atoms with van der Waals surface area (Å²) in [4.78, 5) is 14.5. The molecule has 0 radical (unpaired) electrons. The molecule has 20 heavy (non-hydrogen) atoms. The number of hydrogen-bond donors (Lipinski definition) is 2. The fourth-order valence-corrected chi connectivity index (χ4v) is 4.02. The molecule has 4 nitrogen and oxygen atoms in total. The van der Waals surface area contributed by atoms with Gasteiger partial charge in [0.05, 0.1) is 0 Å². The molecule has 1 fully saturated rings. The van der Waals surface area contributed by atoms with Gasteiger partial charge in [-0.1, -0.05) is 28.1 Å². The lowest BCUT2D eigenvalue weighted by molar-refractivity contribution is -0.127. The van der Waals surface area contributed by atoms with Crippen LogP contribution in [0.2, 0.25) is 0 Å². The van der Waals surface area contributed by atoms with Gasteiger partial charge in [0.15, 0.2) is 0 Å². The van der Waals surface area contributed by atoms with Crippen molar-refractivity contribution in [1.29, 1.82) is 0 Å². The summed E-state index contributed by atoms with van der Waals surface area (Å²) in [6.45, 7) is 2.61. The average Bonchev–Trinajstić information content (AvgIpc) is 2.92. The molecule has 1 saturated heterocycles. The molecule has 0 aromatic heterocycles. The van der Waals surface area contributed by atoms with E-state index >= 15 is 0 Å². The van der Waals surface area contributed by atoms with E-state index in [1.165, 1.54) is 15.6 Å². The van der Waals surface area contributed by atoms with E-state index < -0.39 is 0 Å². The van der Waals surface area contributed by atoms with Crippen LogP contribution in [-0.4, -0.2) is 43.5 Å². The van der Waals surface area contributed by atoms with Gasteiger partial charge in [0.25, 0.3) is 0 Å². The van der Waals surface area contributed by atoms with Crippen molar-refractivity contribution in [1.82, 2.24) is 15.5 Å². The van der Waals surface area contributed by atoms with Gasteiger partial charge in [-0.2, -0.15) is 0 Å². The molecule has 1 heterocycles. The summed E-state index contributed by atoms with van der Waals surface area (Å²) in [5.41, 5.74) is 2.79. The van der Waals surface area contributed by atoms with Crippen molar-refractivity contribution in [2.45, 2.75) is 24.9 Å². The van der Waals surface area contributed by atoms with Crippen molar-refractivity contribution in [3.05, 3.63) is 33.8 Å². The van der Waals surface area contributed by atoms with Gasteiger partial charge in [0.2, 0.25) is 5.91 Å². The summed E-state index contributed by atoms with van der Waals surface area (Å²) in [6.07, 6.45) is 2.19. The third-order valence-corrected chi connectivity index (χ3v) is 5.16. The van der Waals surface area contributed by atoms with Crippen molar-refractivity contribution in [2.24, 2.45) is 0 Å². The number of rotatable bonds is 2. The van der Waals surface area contributed by atoms with Crippen LogP contribution >= 0.6 is 15.9 Å². The van der Waals surface area contributed by atoms with Crippen LogP contribution in [-0.2, 0) is 11.2 Å². The number of benzene rings is 1. The van der Waals surface area contributed by atoms with Crippen LogP contribution in [0.25, 0.3) is 0 Å². The molecule has 1 aliphatic heterocycles. The number of nitrogens with zero attached hydrogens (tertiary/aromatic N) is 1. The minimum absolute atomic E-state index is 0.0660. The SMILES string of the molecule is CNC(=O)C1CNCCN1C1CCc2c(Br)cccc21. The fraction of sp³-hybridized carbons (Fsp3) is 0.533. The predicted octanol–water partition coefficient (Wildman–Crippen LogP) is 1.46. The highest BCUT2D eigenvalue weighted by Crippen LogP contribution is 2.40. The number of halogens is 1. The fourth-order valence-electron chi connectivity index (χ4n) is 3.44. The monoisotopic (exact) mass is 337 g/mol. The highest BCUT2D eigenvalue weighted by molar-refractivity contribution is 9.10. The first-order valence-electron chi connectivity index (χ1n) is 7.17. The zero-order valence-electron chi connectivity index (χ0n) is 11.7. The summed E-state index contributed by atoms with van der Waals surface area (Å²) in [6, 6.07) is 6.71. The molecule has 0 spiro atoms. The maximum Gasteiger partial charge on any atom is 0.238 e. The van der Waals surface area contributed by atoms with Crippen LogP contribution < -0.4 is 10.6 Å². The quantitative estimate of drug-likeness (QED) is 0.858. The summed E-state index contributed by atoms with van der Waals surface area (Å²) in [7, 11) is 1.72. The third kappa shape index (κ3) is 2.38. The molecule has 0 bridgehead atoms. The summed E-state index contributed by atoms with van der Waals surface area (Å²) in [5.74, 6) is 0.112. The topological polar surface area (TPSA) is 44.4 Å². The van der Waals surface area contributed by atoms with Crippen molar-refractivity contribution in [3.8, 4) is 0 Å². The predicted molar refractivity (Wildman–Crippen MR) is 82.6 cm³/mol. The first kappa shape index (κ1) is 14.0. The second-order valence-electron chi connectivity index (χ2n) is 5.43. The highest BCUT2D eigenvalue weighted by atomic mass is 79.9. The number of carbonyl (C=O) groups excluding carboxylic acids is 1. The lowest BCUT2D eigenvalue weighted by atomic mass is 10.0. The maximum atomic E-state index is 12.1. The Kier molecular flexibility index (Phi) is 4.10. The zero-order valence-corrected chi connectivity index (χ0v) is 13.2. The molecule has 5 heteroatoms. The molecule has 108 valence electrons. The largest absolute Gasteiger partial charge is 0.358 e. The van der Waals surface area contributed by atoms with E-state index in [-0.39, 0.29) is 11.9 Å². The number of amides is 1. The van der Waals surface area contributed by atoms with Crippen LogP contribution in [0, 0.1) is 0 Å². The first-order valence-corrected chi connectivity index (χ1v) is 7.97. The van der Waals surface area contributed by atoms with Gasteiger partial charge in [0.1, 0.15) is 6.04 Å². The molecule has 2 aliphatic rings. The molecule has 1 aromatic carbocycles. The number of likely N-dealkylation sites (N-methyl/N-ethyl adjacent to an activating group) is 1. The third-order valence-electron chi connectivity index (χ3n) is 4.42. The van der Waals surface area contributed by atoms with E-state index in [1.54, 1.807) is 7.05 Å². The Morgan fingerprint density at radius 1 is 1.50 bits per heavy atom. The smallest absolute Gasteiger partial charge is 0.238 e. The van der Waals surface area contributed by atoms with E-state index in [2.05, 4.69) is 49.7 Å². The van der Waals surface area contributed by atoms with E-state index in [0.29, 0.717) is 6.04 Å². The van der Waals surface area contributed by atoms with Gasteiger partial charge in [-0.15, -0.1) is 0 Å². The summed E-state index contributed by atoms with van der Waals surface area (Å²) < 4.78 is 1.20. The Morgan fingerprint density at radius 3 is 3.15 bits per heavy atom. The Hall–Kier alpha value is -0.910. The lowest BCUT2D eigenvalue weighted by Crippen LogP contribution is -2.58. The minimum Gasteiger partial charge on any atom is -0.358 e. The Labute approximate surface area is 128 Å². The number of piperazine rings is 1. The van der Waals surface area contributed by atoms with Gasteiger partial charge in [-0.05, 0) is 30.0 Å². The maximum absolute atomic E-state index is 12.1. The molecule has 1 aliphatic carbocycles. The molecular weight excluding hydrogens is 318 g/mol. The Balaban J connectivity index is 1.89. The van der Waals surface area contributed by atoms with Gasteiger partial charge >= 0.3 is 0 Å². The highest BCUT2D eigenvalue weighted by Gasteiger charge is 2.37. The Morgan fingerprint density at radius 2 is 2.35 bits per heavy atom. The number of nitrogens with one attached hydrogen (secondary N) is 2. The molecular formula is C15H20BrN3O. The van der Waals surface area contributed by atoms with Crippen LogP contribution in [0.4, 0.5) is 0 Å². The van der Waals surface area contributed by atoms with Gasteiger partial charge in [-0.3, -0.25) is 9.69 Å². The van der Waals surface area contributed by atoms with E-state index in [0.717, 1.165) is 32.5 Å².